The van der Waals surface area contributed by atoms with Crippen molar-refractivity contribution in [2.24, 2.45) is 0 Å². The molecule has 0 aliphatic carbocycles. The van der Waals surface area contributed by atoms with Gasteiger partial charge in [0.1, 0.15) is 10.7 Å². The van der Waals surface area contributed by atoms with Crippen LogP contribution in [0, 0.1) is 0 Å². The minimum absolute atomic E-state index is 0.0888. The normalized spacial score (nSPS) is 14.7. The molecule has 1 aliphatic heterocycles. The summed E-state index contributed by atoms with van der Waals surface area (Å²) in [6, 6.07) is 16.7. The number of carbonyl (C=O) groups is 2. The van der Waals surface area contributed by atoms with Gasteiger partial charge in [-0.05, 0) is 49.7 Å². The average molecular weight is 439 g/mol. The van der Waals surface area contributed by atoms with Gasteiger partial charge in [-0.25, -0.2) is 12.7 Å². The van der Waals surface area contributed by atoms with Gasteiger partial charge in [0.2, 0.25) is 0 Å². The van der Waals surface area contributed by atoms with Gasteiger partial charge in [0.05, 0.1) is 18.4 Å². The van der Waals surface area contributed by atoms with Crippen LogP contribution >= 0.6 is 0 Å². The van der Waals surface area contributed by atoms with Gasteiger partial charge in [-0.3, -0.25) is 9.59 Å². The second-order valence-corrected chi connectivity index (χ2v) is 9.42. The minimum Gasteiger partial charge on any atom is -0.467 e. The highest BCUT2D eigenvalue weighted by Gasteiger charge is 2.43. The fourth-order valence-corrected chi connectivity index (χ4v) is 5.46. The maximum atomic E-state index is 13.4. The fraction of sp³-hybridized carbons (Fsp3) is 0.217. The van der Waals surface area contributed by atoms with Gasteiger partial charge in [-0.2, -0.15) is 0 Å². The molecule has 1 aromatic heterocycles. The number of amides is 2. The minimum atomic E-state index is -3.99. The fourth-order valence-electron chi connectivity index (χ4n) is 3.67. The van der Waals surface area contributed by atoms with Crippen molar-refractivity contribution in [3.8, 4) is 0 Å². The lowest BCUT2D eigenvalue weighted by molar-refractivity contribution is 0.0716. The number of fused-ring (bicyclic) bond motifs is 1. The quantitative estimate of drug-likeness (QED) is 0.586. The van der Waals surface area contributed by atoms with E-state index in [-0.39, 0.29) is 28.5 Å². The molecule has 0 bridgehead atoms. The van der Waals surface area contributed by atoms with Crippen molar-refractivity contribution in [2.45, 2.75) is 37.9 Å². The second-order valence-electron chi connectivity index (χ2n) is 7.64. The molecule has 1 aliphatic rings. The third-order valence-corrected chi connectivity index (χ3v) is 7.09. The van der Waals surface area contributed by atoms with Crippen LogP contribution < -0.4 is 0 Å². The average Bonchev–Trinajstić information content (AvgIpc) is 3.32. The molecule has 4 rings (SSSR count). The van der Waals surface area contributed by atoms with E-state index in [2.05, 4.69) is 0 Å². The first-order valence-electron chi connectivity index (χ1n) is 9.87. The molecule has 2 heterocycles. The SMILES string of the molecule is CC(C)N1C(=O)c2ccc(C(=O)N(Cc3ccccc3)Cc3ccco3)cc2S1(=O)=O. The van der Waals surface area contributed by atoms with E-state index in [1.165, 1.54) is 24.5 Å². The zero-order valence-corrected chi connectivity index (χ0v) is 18.0. The summed E-state index contributed by atoms with van der Waals surface area (Å²) >= 11 is 0. The van der Waals surface area contributed by atoms with Gasteiger partial charge < -0.3 is 9.32 Å². The molecular formula is C23H22N2O5S. The number of furan rings is 1. The van der Waals surface area contributed by atoms with Crippen LogP contribution in [0.5, 0.6) is 0 Å². The van der Waals surface area contributed by atoms with Crippen molar-refractivity contribution in [1.82, 2.24) is 9.21 Å². The van der Waals surface area contributed by atoms with Crippen LogP contribution in [0.2, 0.25) is 0 Å². The molecule has 0 spiro atoms. The third-order valence-electron chi connectivity index (χ3n) is 5.10. The largest absolute Gasteiger partial charge is 0.467 e. The zero-order chi connectivity index (χ0) is 22.2. The first-order valence-corrected chi connectivity index (χ1v) is 11.3. The molecule has 0 fully saturated rings. The number of hydrogen-bond donors (Lipinski definition) is 0. The van der Waals surface area contributed by atoms with Crippen LogP contribution in [0.1, 0.15) is 45.9 Å². The molecule has 160 valence electrons. The number of benzene rings is 2. The van der Waals surface area contributed by atoms with E-state index in [9.17, 15) is 18.0 Å². The van der Waals surface area contributed by atoms with Gasteiger partial charge in [0.15, 0.2) is 0 Å². The van der Waals surface area contributed by atoms with Crippen molar-refractivity contribution in [2.75, 3.05) is 0 Å². The smallest absolute Gasteiger partial charge is 0.269 e. The molecule has 0 radical (unpaired) electrons. The van der Waals surface area contributed by atoms with E-state index in [1.807, 2.05) is 30.3 Å². The molecule has 0 atom stereocenters. The summed E-state index contributed by atoms with van der Waals surface area (Å²) in [6.45, 7) is 3.82. The maximum absolute atomic E-state index is 13.4. The Hall–Kier alpha value is -3.39. The Labute approximate surface area is 180 Å². The highest BCUT2D eigenvalue weighted by atomic mass is 32.2. The molecule has 2 amide bonds. The summed E-state index contributed by atoms with van der Waals surface area (Å²) < 4.78 is 32.1. The Bertz CT molecular complexity index is 1220. The summed E-state index contributed by atoms with van der Waals surface area (Å²) in [5, 5.41) is 0. The third kappa shape index (κ3) is 3.86. The van der Waals surface area contributed by atoms with Crippen LogP contribution in [-0.4, -0.2) is 35.5 Å². The van der Waals surface area contributed by atoms with E-state index in [1.54, 1.807) is 30.9 Å². The number of nitrogens with zero attached hydrogens (tertiary/aromatic N) is 2. The first kappa shape index (κ1) is 20.9. The highest BCUT2D eigenvalue weighted by Crippen LogP contribution is 2.33. The van der Waals surface area contributed by atoms with Crippen molar-refractivity contribution >= 4 is 21.8 Å². The summed E-state index contributed by atoms with van der Waals surface area (Å²) in [6.07, 6.45) is 1.54. The predicted octanol–water partition coefficient (Wildman–Crippen LogP) is 3.68. The Morgan fingerprint density at radius 3 is 2.42 bits per heavy atom. The lowest BCUT2D eigenvalue weighted by Gasteiger charge is -2.22. The van der Waals surface area contributed by atoms with Crippen LogP contribution in [0.25, 0.3) is 0 Å². The van der Waals surface area contributed by atoms with E-state index in [0.717, 1.165) is 9.87 Å². The van der Waals surface area contributed by atoms with Gasteiger partial charge in [-0.1, -0.05) is 30.3 Å². The van der Waals surface area contributed by atoms with Gasteiger partial charge in [-0.15, -0.1) is 0 Å². The number of rotatable bonds is 6. The molecule has 3 aromatic rings. The Balaban J connectivity index is 1.70. The summed E-state index contributed by atoms with van der Waals surface area (Å²) in [4.78, 5) is 27.4. The lowest BCUT2D eigenvalue weighted by Crippen LogP contribution is -2.36. The zero-order valence-electron chi connectivity index (χ0n) is 17.2. The van der Waals surface area contributed by atoms with Crippen molar-refractivity contribution in [1.29, 1.82) is 0 Å². The van der Waals surface area contributed by atoms with Gasteiger partial charge in [0, 0.05) is 18.2 Å². The van der Waals surface area contributed by atoms with Crippen molar-refractivity contribution < 1.29 is 22.4 Å². The van der Waals surface area contributed by atoms with Crippen LogP contribution in [0.4, 0.5) is 0 Å². The molecule has 0 saturated heterocycles. The molecular weight excluding hydrogens is 416 g/mol. The Morgan fingerprint density at radius 1 is 1.03 bits per heavy atom. The van der Waals surface area contributed by atoms with E-state index in [4.69, 9.17) is 4.42 Å². The summed E-state index contributed by atoms with van der Waals surface area (Å²) in [5.41, 5.74) is 1.21. The Morgan fingerprint density at radius 2 is 1.77 bits per heavy atom. The highest BCUT2D eigenvalue weighted by molar-refractivity contribution is 7.90. The van der Waals surface area contributed by atoms with Crippen molar-refractivity contribution in [3.05, 3.63) is 89.4 Å². The lowest BCUT2D eigenvalue weighted by atomic mass is 10.1. The molecule has 0 unspecified atom stereocenters. The van der Waals surface area contributed by atoms with Gasteiger partial charge >= 0.3 is 0 Å². The van der Waals surface area contributed by atoms with Crippen LogP contribution in [-0.2, 0) is 23.1 Å². The molecule has 7 nitrogen and oxygen atoms in total. The van der Waals surface area contributed by atoms with Crippen molar-refractivity contribution in [3.63, 3.8) is 0 Å². The number of carbonyl (C=O) groups excluding carboxylic acids is 2. The molecule has 0 saturated carbocycles. The van der Waals surface area contributed by atoms with Crippen LogP contribution in [0.15, 0.2) is 76.2 Å². The first-order chi connectivity index (χ1) is 14.8. The van der Waals surface area contributed by atoms with Gasteiger partial charge in [0.25, 0.3) is 21.8 Å². The van der Waals surface area contributed by atoms with E-state index < -0.39 is 22.0 Å². The monoisotopic (exact) mass is 438 g/mol. The number of hydrogen-bond acceptors (Lipinski definition) is 5. The van der Waals surface area contributed by atoms with Crippen LogP contribution in [0.3, 0.4) is 0 Å². The van der Waals surface area contributed by atoms with E-state index >= 15 is 0 Å². The predicted molar refractivity (Wildman–Crippen MR) is 114 cm³/mol. The molecule has 8 heteroatoms. The summed E-state index contributed by atoms with van der Waals surface area (Å²) in [5.74, 6) is -0.311. The Kier molecular flexibility index (Phi) is 5.41. The summed E-state index contributed by atoms with van der Waals surface area (Å²) in [7, 11) is -3.99. The standard InChI is InChI=1S/C23H22N2O5S/c1-16(2)25-23(27)20-11-10-18(13-21(20)31(25,28)29)22(26)24(15-19-9-6-12-30-19)14-17-7-4-3-5-8-17/h3-13,16H,14-15H2,1-2H3. The molecule has 0 N–H and O–H groups in total. The number of sulfonamides is 1. The maximum Gasteiger partial charge on any atom is 0.269 e. The van der Waals surface area contributed by atoms with E-state index in [0.29, 0.717) is 12.3 Å². The topological polar surface area (TPSA) is 87.9 Å². The molecule has 2 aromatic carbocycles. The molecule has 31 heavy (non-hydrogen) atoms. The second kappa shape index (κ2) is 8.03.